The van der Waals surface area contributed by atoms with Crippen LogP contribution in [0.3, 0.4) is 0 Å². The molecule has 0 saturated carbocycles. The van der Waals surface area contributed by atoms with Crippen molar-refractivity contribution in [2.75, 3.05) is 26.2 Å². The van der Waals surface area contributed by atoms with Gasteiger partial charge in [-0.05, 0) is 18.6 Å². The van der Waals surface area contributed by atoms with E-state index in [1.54, 1.807) is 17.0 Å². The van der Waals surface area contributed by atoms with Crippen LogP contribution in [-0.4, -0.2) is 48.1 Å². The summed E-state index contributed by atoms with van der Waals surface area (Å²) in [5, 5.41) is 11.4. The van der Waals surface area contributed by atoms with Gasteiger partial charge in [-0.1, -0.05) is 11.8 Å². The third-order valence-corrected chi connectivity index (χ3v) is 3.64. The summed E-state index contributed by atoms with van der Waals surface area (Å²) in [4.78, 5) is 26.5. The first-order valence-electron chi connectivity index (χ1n) is 5.96. The summed E-state index contributed by atoms with van der Waals surface area (Å²) in [5.74, 6) is 5.04. The standard InChI is InChI=1S/C13H14N2O3S/c16-8-1-3-10-4-5-11(19-10)13(18)15-7-2-6-14-12(17)9-15/h4-5,16H,2,6-9H2,(H,14,17). The van der Waals surface area contributed by atoms with Crippen LogP contribution in [0.4, 0.5) is 0 Å². The van der Waals surface area contributed by atoms with Crippen molar-refractivity contribution in [3.8, 4) is 11.8 Å². The van der Waals surface area contributed by atoms with E-state index in [-0.39, 0.29) is 25.0 Å². The van der Waals surface area contributed by atoms with E-state index in [2.05, 4.69) is 17.2 Å². The molecular weight excluding hydrogens is 264 g/mol. The Morgan fingerprint density at radius 3 is 3.16 bits per heavy atom. The van der Waals surface area contributed by atoms with Crippen molar-refractivity contribution >= 4 is 23.2 Å². The number of carbonyl (C=O) groups excluding carboxylic acids is 2. The van der Waals surface area contributed by atoms with Gasteiger partial charge in [-0.2, -0.15) is 0 Å². The first-order chi connectivity index (χ1) is 9.20. The molecule has 0 bridgehead atoms. The van der Waals surface area contributed by atoms with Gasteiger partial charge in [0.1, 0.15) is 6.61 Å². The lowest BCUT2D eigenvalue weighted by molar-refractivity contribution is -0.121. The van der Waals surface area contributed by atoms with Gasteiger partial charge >= 0.3 is 0 Å². The van der Waals surface area contributed by atoms with Gasteiger partial charge in [-0.25, -0.2) is 0 Å². The van der Waals surface area contributed by atoms with Crippen LogP contribution in [0, 0.1) is 11.8 Å². The fourth-order valence-corrected chi connectivity index (χ4v) is 2.63. The number of nitrogens with zero attached hydrogens (tertiary/aromatic N) is 1. The molecule has 0 aromatic carbocycles. The van der Waals surface area contributed by atoms with Crippen LogP contribution in [0.2, 0.25) is 0 Å². The molecule has 0 unspecified atom stereocenters. The maximum atomic E-state index is 12.2. The van der Waals surface area contributed by atoms with Gasteiger partial charge in [0.05, 0.1) is 16.3 Å². The van der Waals surface area contributed by atoms with Crippen molar-refractivity contribution in [2.24, 2.45) is 0 Å². The Morgan fingerprint density at radius 1 is 1.53 bits per heavy atom. The molecule has 1 aliphatic rings. The smallest absolute Gasteiger partial charge is 0.264 e. The highest BCUT2D eigenvalue weighted by atomic mass is 32.1. The van der Waals surface area contributed by atoms with Crippen LogP contribution >= 0.6 is 11.3 Å². The van der Waals surface area contributed by atoms with E-state index in [0.717, 1.165) is 11.3 Å². The summed E-state index contributed by atoms with van der Waals surface area (Å²) in [7, 11) is 0. The normalized spacial score (nSPS) is 15.2. The minimum atomic E-state index is -0.201. The first kappa shape index (κ1) is 13.6. The number of rotatable bonds is 1. The Labute approximate surface area is 115 Å². The first-order valence-corrected chi connectivity index (χ1v) is 6.78. The largest absolute Gasteiger partial charge is 0.384 e. The van der Waals surface area contributed by atoms with E-state index in [9.17, 15) is 9.59 Å². The number of hydrogen-bond acceptors (Lipinski definition) is 4. The van der Waals surface area contributed by atoms with Gasteiger partial charge in [-0.3, -0.25) is 9.59 Å². The lowest BCUT2D eigenvalue weighted by Crippen LogP contribution is -2.37. The van der Waals surface area contributed by atoms with Crippen molar-refractivity contribution in [2.45, 2.75) is 6.42 Å². The average Bonchev–Trinajstić information content (AvgIpc) is 2.77. The molecule has 0 aliphatic carbocycles. The van der Waals surface area contributed by atoms with Gasteiger partial charge in [-0.15, -0.1) is 11.3 Å². The Morgan fingerprint density at radius 2 is 2.37 bits per heavy atom. The van der Waals surface area contributed by atoms with Gasteiger partial charge in [0, 0.05) is 13.1 Å². The van der Waals surface area contributed by atoms with E-state index in [1.807, 2.05) is 0 Å². The van der Waals surface area contributed by atoms with Crippen LogP contribution in [0.1, 0.15) is 21.0 Å². The van der Waals surface area contributed by atoms with E-state index in [1.165, 1.54) is 11.3 Å². The maximum Gasteiger partial charge on any atom is 0.264 e. The molecule has 19 heavy (non-hydrogen) atoms. The highest BCUT2D eigenvalue weighted by molar-refractivity contribution is 7.14. The van der Waals surface area contributed by atoms with Crippen molar-refractivity contribution < 1.29 is 14.7 Å². The lowest BCUT2D eigenvalue weighted by Gasteiger charge is -2.17. The fraction of sp³-hybridized carbons (Fsp3) is 0.385. The molecule has 1 fully saturated rings. The zero-order chi connectivity index (χ0) is 13.7. The summed E-state index contributed by atoms with van der Waals surface area (Å²) >= 11 is 1.27. The van der Waals surface area contributed by atoms with Crippen molar-refractivity contribution in [1.82, 2.24) is 10.2 Å². The Balaban J connectivity index is 2.10. The van der Waals surface area contributed by atoms with Gasteiger partial charge in [0.15, 0.2) is 0 Å². The zero-order valence-corrected chi connectivity index (χ0v) is 11.1. The molecule has 1 aromatic rings. The lowest BCUT2D eigenvalue weighted by atomic mass is 10.3. The molecular formula is C13H14N2O3S. The van der Waals surface area contributed by atoms with Crippen LogP contribution in [-0.2, 0) is 4.79 Å². The summed E-state index contributed by atoms with van der Waals surface area (Å²) < 4.78 is 0. The number of nitrogens with one attached hydrogen (secondary N) is 1. The average molecular weight is 278 g/mol. The second kappa shape index (κ2) is 6.36. The molecule has 2 N–H and O–H groups in total. The van der Waals surface area contributed by atoms with Crippen LogP contribution in [0.25, 0.3) is 0 Å². The SMILES string of the molecule is O=C1CN(C(=O)c2ccc(C#CCO)s2)CCCN1. The zero-order valence-electron chi connectivity index (χ0n) is 10.3. The second-order valence-corrected chi connectivity index (χ2v) is 5.14. The van der Waals surface area contributed by atoms with E-state index < -0.39 is 0 Å². The van der Waals surface area contributed by atoms with E-state index >= 15 is 0 Å². The van der Waals surface area contributed by atoms with Crippen molar-refractivity contribution in [3.63, 3.8) is 0 Å². The molecule has 2 rings (SSSR count). The molecule has 0 radical (unpaired) electrons. The number of aliphatic hydroxyl groups excluding tert-OH is 1. The molecule has 100 valence electrons. The molecule has 1 aromatic heterocycles. The second-order valence-electron chi connectivity index (χ2n) is 4.05. The summed E-state index contributed by atoms with van der Waals surface area (Å²) in [5.41, 5.74) is 0. The summed E-state index contributed by atoms with van der Waals surface area (Å²) in [6.07, 6.45) is 0.764. The predicted octanol–water partition coefficient (Wildman–Crippen LogP) is 0.0540. The van der Waals surface area contributed by atoms with Gasteiger partial charge in [0.2, 0.25) is 5.91 Å². The Hall–Kier alpha value is -1.84. The Kier molecular flexibility index (Phi) is 4.55. The molecule has 5 nitrogen and oxygen atoms in total. The minimum Gasteiger partial charge on any atom is -0.384 e. The summed E-state index contributed by atoms with van der Waals surface area (Å²) in [6.45, 7) is 1.09. The highest BCUT2D eigenvalue weighted by Crippen LogP contribution is 2.18. The summed E-state index contributed by atoms with van der Waals surface area (Å²) in [6, 6.07) is 3.45. The molecule has 2 amide bonds. The third kappa shape index (κ3) is 3.56. The molecule has 6 heteroatoms. The number of aliphatic hydroxyl groups is 1. The van der Waals surface area contributed by atoms with Gasteiger partial charge in [0.25, 0.3) is 5.91 Å². The van der Waals surface area contributed by atoms with Crippen LogP contribution in [0.5, 0.6) is 0 Å². The number of amides is 2. The topological polar surface area (TPSA) is 69.6 Å². The molecule has 1 aliphatic heterocycles. The highest BCUT2D eigenvalue weighted by Gasteiger charge is 2.21. The van der Waals surface area contributed by atoms with Crippen molar-refractivity contribution in [3.05, 3.63) is 21.9 Å². The van der Waals surface area contributed by atoms with E-state index in [0.29, 0.717) is 18.0 Å². The Bertz CT molecular complexity index is 542. The minimum absolute atomic E-state index is 0.106. The molecule has 0 atom stereocenters. The van der Waals surface area contributed by atoms with E-state index in [4.69, 9.17) is 5.11 Å². The predicted molar refractivity (Wildman–Crippen MR) is 71.8 cm³/mol. The molecule has 1 saturated heterocycles. The monoisotopic (exact) mass is 278 g/mol. The number of carbonyl (C=O) groups is 2. The molecule has 0 spiro atoms. The molecule has 2 heterocycles. The van der Waals surface area contributed by atoms with Crippen LogP contribution in [0.15, 0.2) is 12.1 Å². The number of hydrogen-bond donors (Lipinski definition) is 2. The fourth-order valence-electron chi connectivity index (χ4n) is 1.78. The van der Waals surface area contributed by atoms with Gasteiger partial charge < -0.3 is 15.3 Å². The number of thiophene rings is 1. The van der Waals surface area contributed by atoms with Crippen LogP contribution < -0.4 is 5.32 Å². The van der Waals surface area contributed by atoms with Crippen molar-refractivity contribution in [1.29, 1.82) is 0 Å². The third-order valence-electron chi connectivity index (χ3n) is 2.66. The quantitative estimate of drug-likeness (QED) is 0.713. The maximum absolute atomic E-state index is 12.2.